The quantitative estimate of drug-likeness (QED) is 0.764. The molecule has 0 fully saturated rings. The van der Waals surface area contributed by atoms with Crippen LogP contribution < -0.4 is 10.6 Å². The first-order valence-corrected chi connectivity index (χ1v) is 5.20. The van der Waals surface area contributed by atoms with Crippen molar-refractivity contribution in [3.05, 3.63) is 0 Å². The fourth-order valence-electron chi connectivity index (χ4n) is 1.23. The van der Waals surface area contributed by atoms with Crippen molar-refractivity contribution < 1.29 is 9.53 Å². The molecule has 0 saturated heterocycles. The number of nitrogens with one attached hydrogen (secondary N) is 2. The zero-order valence-corrected chi connectivity index (χ0v) is 10.8. The van der Waals surface area contributed by atoms with Crippen molar-refractivity contribution in [3.8, 4) is 6.07 Å². The normalized spacial score (nSPS) is 13.8. The number of likely N-dealkylation sites (N-methyl/N-ethyl adjacent to an activating group) is 1. The summed E-state index contributed by atoms with van der Waals surface area (Å²) in [5.41, 5.74) is -1.23. The van der Waals surface area contributed by atoms with Crippen molar-refractivity contribution in [2.45, 2.75) is 51.8 Å². The summed E-state index contributed by atoms with van der Waals surface area (Å²) in [6, 6.07) is 1.61. The molecule has 0 bridgehead atoms. The number of nitriles is 1. The molecule has 5 nitrogen and oxygen atoms in total. The average Bonchev–Trinajstić information content (AvgIpc) is 1.99. The molecule has 0 rings (SSSR count). The standard InChI is InChI=1S/C11H21N3O2/c1-10(2,3)16-9(15)14-11(4,5)8(7-12)13-6/h8,13H,1-6H3,(H,14,15). The van der Waals surface area contributed by atoms with E-state index in [1.165, 1.54) is 0 Å². The van der Waals surface area contributed by atoms with Crippen LogP contribution in [-0.2, 0) is 4.74 Å². The van der Waals surface area contributed by atoms with E-state index in [4.69, 9.17) is 10.00 Å². The Bertz CT molecular complexity index is 287. The van der Waals surface area contributed by atoms with Gasteiger partial charge in [0.2, 0.25) is 0 Å². The van der Waals surface area contributed by atoms with Crippen molar-refractivity contribution in [2.24, 2.45) is 0 Å². The minimum Gasteiger partial charge on any atom is -0.444 e. The number of hydrogen-bond donors (Lipinski definition) is 2. The van der Waals surface area contributed by atoms with Crippen molar-refractivity contribution in [1.82, 2.24) is 10.6 Å². The number of carbonyl (C=O) groups is 1. The van der Waals surface area contributed by atoms with Gasteiger partial charge < -0.3 is 15.4 Å². The number of carbonyl (C=O) groups excluding carboxylic acids is 1. The molecular weight excluding hydrogens is 206 g/mol. The van der Waals surface area contributed by atoms with E-state index >= 15 is 0 Å². The first-order chi connectivity index (χ1) is 7.12. The third kappa shape index (κ3) is 4.99. The maximum Gasteiger partial charge on any atom is 0.408 e. The van der Waals surface area contributed by atoms with Gasteiger partial charge in [0.15, 0.2) is 0 Å². The topological polar surface area (TPSA) is 74.2 Å². The van der Waals surface area contributed by atoms with Crippen molar-refractivity contribution in [1.29, 1.82) is 5.26 Å². The second kappa shape index (κ2) is 5.17. The first kappa shape index (κ1) is 14.7. The molecule has 1 amide bonds. The summed E-state index contributed by atoms with van der Waals surface area (Å²) in [6.07, 6.45) is -0.520. The lowest BCUT2D eigenvalue weighted by Crippen LogP contribution is -2.57. The highest BCUT2D eigenvalue weighted by molar-refractivity contribution is 5.69. The predicted octanol–water partition coefficient (Wildman–Crippen LogP) is 1.40. The third-order valence-corrected chi connectivity index (χ3v) is 1.96. The van der Waals surface area contributed by atoms with Gasteiger partial charge in [0.25, 0.3) is 0 Å². The zero-order chi connectivity index (χ0) is 13.0. The molecule has 0 aliphatic carbocycles. The Balaban J connectivity index is 4.49. The second-order valence-corrected chi connectivity index (χ2v) is 5.20. The Hall–Kier alpha value is -1.28. The number of alkyl carbamates (subject to hydrolysis) is 1. The van der Waals surface area contributed by atoms with Gasteiger partial charge in [-0.05, 0) is 41.7 Å². The Morgan fingerprint density at radius 3 is 2.12 bits per heavy atom. The maximum absolute atomic E-state index is 11.5. The van der Waals surface area contributed by atoms with E-state index in [1.807, 2.05) is 0 Å². The van der Waals surface area contributed by atoms with Gasteiger partial charge in [-0.1, -0.05) is 0 Å². The molecule has 0 aromatic carbocycles. The van der Waals surface area contributed by atoms with E-state index in [0.29, 0.717) is 0 Å². The van der Waals surface area contributed by atoms with Gasteiger partial charge in [-0.15, -0.1) is 0 Å². The summed E-state index contributed by atoms with van der Waals surface area (Å²) >= 11 is 0. The number of ether oxygens (including phenoxy) is 1. The fourth-order valence-corrected chi connectivity index (χ4v) is 1.23. The molecule has 0 aliphatic rings. The SMILES string of the molecule is CNC(C#N)C(C)(C)NC(=O)OC(C)(C)C. The van der Waals surface area contributed by atoms with Crippen LogP contribution in [0.15, 0.2) is 0 Å². The van der Waals surface area contributed by atoms with Crippen molar-refractivity contribution in [3.63, 3.8) is 0 Å². The average molecular weight is 227 g/mol. The molecule has 1 unspecified atom stereocenters. The highest BCUT2D eigenvalue weighted by Crippen LogP contribution is 2.12. The van der Waals surface area contributed by atoms with Gasteiger partial charge >= 0.3 is 6.09 Å². The van der Waals surface area contributed by atoms with Crippen LogP contribution in [0.3, 0.4) is 0 Å². The highest BCUT2D eigenvalue weighted by atomic mass is 16.6. The minimum absolute atomic E-state index is 0.472. The maximum atomic E-state index is 11.5. The van der Waals surface area contributed by atoms with E-state index in [1.54, 1.807) is 41.7 Å². The Morgan fingerprint density at radius 1 is 1.31 bits per heavy atom. The molecule has 1 atom stereocenters. The molecule has 0 aliphatic heterocycles. The molecule has 5 heteroatoms. The van der Waals surface area contributed by atoms with Gasteiger partial charge in [-0.25, -0.2) is 4.79 Å². The molecule has 0 saturated carbocycles. The van der Waals surface area contributed by atoms with E-state index in [0.717, 1.165) is 0 Å². The summed E-state index contributed by atoms with van der Waals surface area (Å²) in [5, 5.41) is 14.4. The van der Waals surface area contributed by atoms with Gasteiger partial charge in [-0.3, -0.25) is 0 Å². The monoisotopic (exact) mass is 227 g/mol. The van der Waals surface area contributed by atoms with E-state index in [9.17, 15) is 4.79 Å². The molecule has 0 heterocycles. The Morgan fingerprint density at radius 2 is 1.81 bits per heavy atom. The molecule has 0 radical (unpaired) electrons. The number of rotatable bonds is 3. The highest BCUT2D eigenvalue weighted by Gasteiger charge is 2.31. The molecule has 2 N–H and O–H groups in total. The number of amides is 1. The molecule has 0 spiro atoms. The summed E-state index contributed by atoms with van der Waals surface area (Å²) in [7, 11) is 1.67. The fraction of sp³-hybridized carbons (Fsp3) is 0.818. The van der Waals surface area contributed by atoms with Crippen LogP contribution in [0, 0.1) is 11.3 Å². The summed E-state index contributed by atoms with van der Waals surface area (Å²) < 4.78 is 5.13. The largest absolute Gasteiger partial charge is 0.444 e. The van der Waals surface area contributed by atoms with Gasteiger partial charge in [0.1, 0.15) is 11.6 Å². The summed E-state index contributed by atoms with van der Waals surface area (Å²) in [6.45, 7) is 8.90. The van der Waals surface area contributed by atoms with E-state index < -0.39 is 23.3 Å². The lowest BCUT2D eigenvalue weighted by molar-refractivity contribution is 0.0462. The lowest BCUT2D eigenvalue weighted by Gasteiger charge is -2.31. The number of nitrogens with zero attached hydrogens (tertiary/aromatic N) is 1. The van der Waals surface area contributed by atoms with Crippen LogP contribution in [0.1, 0.15) is 34.6 Å². The van der Waals surface area contributed by atoms with Crippen LogP contribution >= 0.6 is 0 Å². The van der Waals surface area contributed by atoms with Crippen molar-refractivity contribution in [2.75, 3.05) is 7.05 Å². The molecule has 0 aromatic heterocycles. The number of hydrogen-bond acceptors (Lipinski definition) is 4. The summed E-state index contributed by atoms with van der Waals surface area (Å²) in [5.74, 6) is 0. The van der Waals surface area contributed by atoms with Crippen LogP contribution in [0.4, 0.5) is 4.79 Å². The molecule has 0 aromatic rings. The molecular formula is C11H21N3O2. The van der Waals surface area contributed by atoms with Crippen LogP contribution in [0.5, 0.6) is 0 Å². The first-order valence-electron chi connectivity index (χ1n) is 5.20. The van der Waals surface area contributed by atoms with Crippen LogP contribution in [0.25, 0.3) is 0 Å². The van der Waals surface area contributed by atoms with Crippen molar-refractivity contribution >= 4 is 6.09 Å². The zero-order valence-electron chi connectivity index (χ0n) is 10.8. The van der Waals surface area contributed by atoms with E-state index in [-0.39, 0.29) is 0 Å². The molecule has 16 heavy (non-hydrogen) atoms. The van der Waals surface area contributed by atoms with Gasteiger partial charge in [0.05, 0.1) is 11.6 Å². The van der Waals surface area contributed by atoms with Crippen LogP contribution in [-0.4, -0.2) is 30.3 Å². The van der Waals surface area contributed by atoms with Crippen LogP contribution in [0.2, 0.25) is 0 Å². The smallest absolute Gasteiger partial charge is 0.408 e. The second-order valence-electron chi connectivity index (χ2n) is 5.20. The molecule has 92 valence electrons. The van der Waals surface area contributed by atoms with Gasteiger partial charge in [0, 0.05) is 0 Å². The Labute approximate surface area is 97.2 Å². The van der Waals surface area contributed by atoms with Gasteiger partial charge in [-0.2, -0.15) is 5.26 Å². The Kier molecular flexibility index (Phi) is 4.76. The third-order valence-electron chi connectivity index (χ3n) is 1.96. The minimum atomic E-state index is -0.689. The van der Waals surface area contributed by atoms with E-state index in [2.05, 4.69) is 16.7 Å². The lowest BCUT2D eigenvalue weighted by atomic mass is 9.96. The summed E-state index contributed by atoms with van der Waals surface area (Å²) in [4.78, 5) is 11.5. The predicted molar refractivity (Wildman–Crippen MR) is 61.9 cm³/mol.